The Morgan fingerprint density at radius 1 is 0.944 bits per heavy atom. The summed E-state index contributed by atoms with van der Waals surface area (Å²) in [7, 11) is 1.21. The Balaban J connectivity index is 0.000000232. The maximum Gasteiger partial charge on any atom is 0.342 e. The van der Waals surface area contributed by atoms with Crippen molar-refractivity contribution in [3.05, 3.63) is 31.3 Å². The van der Waals surface area contributed by atoms with E-state index < -0.39 is 23.0 Å². The Labute approximate surface area is 97.1 Å². The number of aromatic amines is 4. The average molecular weight is 261 g/mol. The smallest absolute Gasteiger partial charge is 0.330 e. The highest BCUT2D eigenvalue weighted by Crippen LogP contribution is 1.88. The first-order chi connectivity index (χ1) is 8.23. The Morgan fingerprint density at radius 2 is 1.39 bits per heavy atom. The maximum absolute atomic E-state index is 10.9. The molecule has 0 saturated carbocycles. The third-order valence-corrected chi connectivity index (χ3v) is 1.76. The van der Waals surface area contributed by atoms with Gasteiger partial charge >= 0.3 is 17.5 Å². The van der Waals surface area contributed by atoms with E-state index in [1.54, 1.807) is 5.32 Å². The number of fused-ring (bicyclic) bond motifs is 1. The zero-order valence-electron chi connectivity index (χ0n) is 9.07. The predicted molar refractivity (Wildman–Crippen MR) is 58.6 cm³/mol. The van der Waals surface area contributed by atoms with Crippen molar-refractivity contribution in [2.75, 3.05) is 7.05 Å². The van der Waals surface area contributed by atoms with E-state index >= 15 is 0 Å². The Hall–Kier alpha value is -2.21. The van der Waals surface area contributed by atoms with Crippen LogP contribution in [0.5, 0.6) is 0 Å². The minimum atomic E-state index is -2.71. The van der Waals surface area contributed by atoms with E-state index in [1.807, 2.05) is 4.98 Å². The van der Waals surface area contributed by atoms with Crippen LogP contribution in [-0.2, 0) is 0 Å². The van der Waals surface area contributed by atoms with Gasteiger partial charge in [0.25, 0.3) is 5.56 Å². The van der Waals surface area contributed by atoms with Crippen molar-refractivity contribution < 1.29 is 15.3 Å². The molecule has 0 fully saturated rings. The van der Waals surface area contributed by atoms with Gasteiger partial charge in [0.1, 0.15) is 11.2 Å². The van der Waals surface area contributed by atoms with Gasteiger partial charge in [-0.1, -0.05) is 0 Å². The van der Waals surface area contributed by atoms with Crippen LogP contribution in [0.1, 0.15) is 0 Å². The molecule has 18 heavy (non-hydrogen) atoms. The number of rotatable bonds is 1. The van der Waals surface area contributed by atoms with Gasteiger partial charge in [-0.15, -0.1) is 0 Å². The van der Waals surface area contributed by atoms with Crippen LogP contribution in [0.2, 0.25) is 0 Å². The molecule has 0 aromatic carbocycles. The quantitative estimate of drug-likeness (QED) is 0.240. The van der Waals surface area contributed by atoms with Crippen molar-refractivity contribution in [2.45, 2.75) is 6.10 Å². The van der Waals surface area contributed by atoms with Crippen molar-refractivity contribution in [3.63, 3.8) is 0 Å². The first-order valence-electron chi connectivity index (χ1n) is 4.53. The van der Waals surface area contributed by atoms with Gasteiger partial charge in [0.15, 0.2) is 0 Å². The summed E-state index contributed by atoms with van der Waals surface area (Å²) >= 11 is 0. The second-order valence-electron chi connectivity index (χ2n) is 3.12. The van der Waals surface area contributed by atoms with Crippen LogP contribution in [0, 0.1) is 0 Å². The lowest BCUT2D eigenvalue weighted by molar-refractivity contribution is -0.328. The van der Waals surface area contributed by atoms with E-state index in [9.17, 15) is 14.4 Å². The van der Waals surface area contributed by atoms with Gasteiger partial charge in [-0.05, 0) is 7.05 Å². The third kappa shape index (κ3) is 3.67. The highest BCUT2D eigenvalue weighted by Gasteiger charge is 2.11. The van der Waals surface area contributed by atoms with Crippen LogP contribution in [-0.4, -0.2) is 48.4 Å². The molecule has 0 amide bonds. The van der Waals surface area contributed by atoms with Gasteiger partial charge in [-0.2, -0.15) is 0 Å². The van der Waals surface area contributed by atoms with Crippen LogP contribution in [0.4, 0.5) is 0 Å². The molecule has 11 heteroatoms. The van der Waals surface area contributed by atoms with Crippen LogP contribution in [0.15, 0.2) is 14.4 Å². The summed E-state index contributed by atoms with van der Waals surface area (Å²) in [4.78, 5) is 41.0. The number of nitrogens with one attached hydrogen (secondary N) is 5. The highest BCUT2D eigenvalue weighted by molar-refractivity contribution is 5.67. The van der Waals surface area contributed by atoms with Gasteiger partial charge in [-0.3, -0.25) is 24.7 Å². The predicted octanol–water partition coefficient (Wildman–Crippen LogP) is -3.97. The standard InChI is InChI=1S/C5H4N4O3.C2H7NO3/c10-3-1-2(7-4(11)6-1)8-5(12)9-3;1-3-2(4,5)6/h(H4,6,7,8,9,10,11,12);3-6H,1H3. The molecule has 2 heterocycles. The number of aliphatic hydroxyl groups is 3. The number of H-pyrrole nitrogens is 4. The zero-order valence-corrected chi connectivity index (χ0v) is 9.07. The van der Waals surface area contributed by atoms with Crippen molar-refractivity contribution in [1.29, 1.82) is 0 Å². The molecule has 0 aliphatic carbocycles. The summed E-state index contributed by atoms with van der Waals surface area (Å²) in [5.74, 6) is 0. The van der Waals surface area contributed by atoms with E-state index in [4.69, 9.17) is 15.3 Å². The van der Waals surface area contributed by atoms with Crippen molar-refractivity contribution >= 4 is 11.2 Å². The SMILES string of the molecule is CNC(O)(O)O.O=c1[nH]c(=O)c2[nH]c(=O)[nH]c2[nH]1. The summed E-state index contributed by atoms with van der Waals surface area (Å²) in [6.45, 7) is 0. The molecule has 11 nitrogen and oxygen atoms in total. The average Bonchev–Trinajstić information content (AvgIpc) is 2.59. The van der Waals surface area contributed by atoms with Gasteiger partial charge in [-0.25, -0.2) is 14.9 Å². The van der Waals surface area contributed by atoms with Crippen LogP contribution >= 0.6 is 0 Å². The molecular formula is C7H11N5O6. The van der Waals surface area contributed by atoms with E-state index in [0.717, 1.165) is 0 Å². The van der Waals surface area contributed by atoms with Crippen molar-refractivity contribution in [3.8, 4) is 0 Å². The summed E-state index contributed by atoms with van der Waals surface area (Å²) in [5.41, 5.74) is -1.65. The molecule has 0 aliphatic heterocycles. The molecule has 0 radical (unpaired) electrons. The second-order valence-corrected chi connectivity index (χ2v) is 3.12. The van der Waals surface area contributed by atoms with Crippen molar-refractivity contribution in [1.82, 2.24) is 25.3 Å². The molecule has 0 bridgehead atoms. The Morgan fingerprint density at radius 3 is 1.83 bits per heavy atom. The number of hydrogen-bond acceptors (Lipinski definition) is 7. The van der Waals surface area contributed by atoms with Gasteiger partial charge in [0, 0.05) is 0 Å². The fraction of sp³-hybridized carbons (Fsp3) is 0.286. The molecule has 100 valence electrons. The fourth-order valence-electron chi connectivity index (χ4n) is 0.958. The van der Waals surface area contributed by atoms with Gasteiger partial charge < -0.3 is 15.3 Å². The second kappa shape index (κ2) is 4.97. The molecule has 0 spiro atoms. The maximum atomic E-state index is 10.9. The molecule has 2 aromatic rings. The lowest BCUT2D eigenvalue weighted by Crippen LogP contribution is -2.41. The minimum Gasteiger partial charge on any atom is -0.330 e. The van der Waals surface area contributed by atoms with Gasteiger partial charge in [0.05, 0.1) is 0 Å². The number of aromatic nitrogens is 4. The first-order valence-corrected chi connectivity index (χ1v) is 4.53. The monoisotopic (exact) mass is 261 g/mol. The minimum absolute atomic E-state index is 0.0413. The summed E-state index contributed by atoms with van der Waals surface area (Å²) < 4.78 is 0. The fourth-order valence-corrected chi connectivity index (χ4v) is 0.958. The molecule has 2 rings (SSSR count). The zero-order chi connectivity index (χ0) is 13.9. The van der Waals surface area contributed by atoms with Crippen LogP contribution < -0.4 is 22.3 Å². The summed E-state index contributed by atoms with van der Waals surface area (Å²) in [5, 5.41) is 25.3. The van der Waals surface area contributed by atoms with E-state index in [2.05, 4.69) is 15.0 Å². The molecular weight excluding hydrogens is 250 g/mol. The number of imidazole rings is 1. The normalized spacial score (nSPS) is 11.1. The Kier molecular flexibility index (Phi) is 3.82. The summed E-state index contributed by atoms with van der Waals surface area (Å²) in [6.07, 6.45) is -2.71. The largest absolute Gasteiger partial charge is 0.342 e. The lowest BCUT2D eigenvalue weighted by atomic mass is 10.5. The molecule has 0 saturated heterocycles. The number of hydrogen-bond donors (Lipinski definition) is 8. The highest BCUT2D eigenvalue weighted by atomic mass is 16.7. The van der Waals surface area contributed by atoms with Crippen molar-refractivity contribution in [2.24, 2.45) is 0 Å². The van der Waals surface area contributed by atoms with E-state index in [-0.39, 0.29) is 11.2 Å². The molecule has 0 atom stereocenters. The van der Waals surface area contributed by atoms with Crippen LogP contribution in [0.25, 0.3) is 11.2 Å². The molecule has 8 N–H and O–H groups in total. The third-order valence-electron chi connectivity index (χ3n) is 1.76. The molecule has 0 aliphatic rings. The molecule has 2 aromatic heterocycles. The summed E-state index contributed by atoms with van der Waals surface area (Å²) in [6, 6.07) is 0. The topological polar surface area (TPSA) is 187 Å². The van der Waals surface area contributed by atoms with E-state index in [1.165, 1.54) is 7.05 Å². The molecule has 0 unspecified atom stereocenters. The van der Waals surface area contributed by atoms with Gasteiger partial charge in [0.2, 0.25) is 0 Å². The van der Waals surface area contributed by atoms with E-state index in [0.29, 0.717) is 0 Å². The first kappa shape index (κ1) is 13.9. The lowest BCUT2D eigenvalue weighted by Gasteiger charge is -2.09. The Bertz CT molecular complexity index is 685. The van der Waals surface area contributed by atoms with Crippen LogP contribution in [0.3, 0.4) is 0 Å².